The molecule has 0 radical (unpaired) electrons. The largest absolute Gasteiger partial charge is 0.457 e. The maximum absolute atomic E-state index is 13.3. The molecule has 0 aliphatic heterocycles. The van der Waals surface area contributed by atoms with E-state index in [-0.39, 0.29) is 12.4 Å². The van der Waals surface area contributed by atoms with Crippen LogP contribution in [0.25, 0.3) is 0 Å². The molecule has 0 saturated carbocycles. The minimum absolute atomic E-state index is 0.0957. The van der Waals surface area contributed by atoms with Crippen molar-refractivity contribution < 1.29 is 13.9 Å². The molecule has 0 atom stereocenters. The van der Waals surface area contributed by atoms with Crippen molar-refractivity contribution in [3.05, 3.63) is 64.1 Å². The lowest BCUT2D eigenvalue weighted by Gasteiger charge is -2.05. The highest BCUT2D eigenvalue weighted by molar-refractivity contribution is 9.10. The van der Waals surface area contributed by atoms with Crippen molar-refractivity contribution in [2.45, 2.75) is 6.61 Å². The van der Waals surface area contributed by atoms with Crippen LogP contribution >= 0.6 is 15.9 Å². The number of hydrogen-bond donors (Lipinski definition) is 0. The molecule has 3 nitrogen and oxygen atoms in total. The van der Waals surface area contributed by atoms with E-state index in [4.69, 9.17) is 4.74 Å². The van der Waals surface area contributed by atoms with Gasteiger partial charge in [0.25, 0.3) is 0 Å². The molecule has 0 aliphatic carbocycles. The van der Waals surface area contributed by atoms with Gasteiger partial charge in [0, 0.05) is 11.8 Å². The van der Waals surface area contributed by atoms with Gasteiger partial charge in [-0.15, -0.1) is 0 Å². The SMILES string of the molecule is O=C(OCc1ccccc1F)c1ccc(Br)nc1. The molecule has 0 amide bonds. The topological polar surface area (TPSA) is 39.2 Å². The van der Waals surface area contributed by atoms with Crippen molar-refractivity contribution in [2.24, 2.45) is 0 Å². The summed E-state index contributed by atoms with van der Waals surface area (Å²) in [4.78, 5) is 15.6. The third-order valence-corrected chi connectivity index (χ3v) is 2.75. The van der Waals surface area contributed by atoms with Crippen molar-refractivity contribution in [1.82, 2.24) is 4.98 Å². The summed E-state index contributed by atoms with van der Waals surface area (Å²) in [5.41, 5.74) is 0.672. The Morgan fingerprint density at radius 2 is 2.06 bits per heavy atom. The van der Waals surface area contributed by atoms with Gasteiger partial charge < -0.3 is 4.74 Å². The Bertz CT molecular complexity index is 557. The zero-order chi connectivity index (χ0) is 13.0. The predicted molar refractivity (Wildman–Crippen MR) is 67.5 cm³/mol. The second-order valence-corrected chi connectivity index (χ2v) is 4.35. The van der Waals surface area contributed by atoms with Crippen LogP contribution in [0.15, 0.2) is 47.2 Å². The molecule has 0 saturated heterocycles. The summed E-state index contributed by atoms with van der Waals surface area (Å²) in [6, 6.07) is 9.39. The van der Waals surface area contributed by atoms with E-state index in [9.17, 15) is 9.18 Å². The number of benzene rings is 1. The number of esters is 1. The number of rotatable bonds is 3. The Labute approximate surface area is 112 Å². The molecule has 2 rings (SSSR count). The first kappa shape index (κ1) is 12.7. The van der Waals surface area contributed by atoms with E-state index >= 15 is 0 Å². The van der Waals surface area contributed by atoms with Crippen LogP contribution < -0.4 is 0 Å². The van der Waals surface area contributed by atoms with Gasteiger partial charge in [0.15, 0.2) is 0 Å². The summed E-state index contributed by atoms with van der Waals surface area (Å²) in [5.74, 6) is -0.919. The van der Waals surface area contributed by atoms with E-state index in [1.54, 1.807) is 30.3 Å². The number of carbonyl (C=O) groups is 1. The first-order valence-corrected chi connectivity index (χ1v) is 5.98. The summed E-state index contributed by atoms with van der Waals surface area (Å²) >= 11 is 3.17. The van der Waals surface area contributed by atoms with Crippen molar-refractivity contribution in [3.63, 3.8) is 0 Å². The maximum Gasteiger partial charge on any atom is 0.340 e. The molecule has 1 aromatic heterocycles. The Morgan fingerprint density at radius 3 is 2.72 bits per heavy atom. The molecule has 18 heavy (non-hydrogen) atoms. The van der Waals surface area contributed by atoms with E-state index < -0.39 is 5.97 Å². The quantitative estimate of drug-likeness (QED) is 0.645. The van der Waals surface area contributed by atoms with Gasteiger partial charge in [-0.05, 0) is 34.1 Å². The molecular weight excluding hydrogens is 301 g/mol. The number of hydrogen-bond acceptors (Lipinski definition) is 3. The van der Waals surface area contributed by atoms with E-state index in [0.29, 0.717) is 15.7 Å². The van der Waals surface area contributed by atoms with Crippen LogP contribution in [-0.2, 0) is 11.3 Å². The van der Waals surface area contributed by atoms with Gasteiger partial charge in [-0.25, -0.2) is 14.2 Å². The lowest BCUT2D eigenvalue weighted by Crippen LogP contribution is -2.06. The van der Waals surface area contributed by atoms with Crippen LogP contribution in [0.3, 0.4) is 0 Å². The number of nitrogens with zero attached hydrogens (tertiary/aromatic N) is 1. The molecule has 1 heterocycles. The lowest BCUT2D eigenvalue weighted by atomic mass is 10.2. The van der Waals surface area contributed by atoms with Crippen molar-refractivity contribution in [3.8, 4) is 0 Å². The molecule has 1 aromatic carbocycles. The highest BCUT2D eigenvalue weighted by Crippen LogP contribution is 2.11. The van der Waals surface area contributed by atoms with Crippen LogP contribution in [0.1, 0.15) is 15.9 Å². The smallest absolute Gasteiger partial charge is 0.340 e. The van der Waals surface area contributed by atoms with E-state index in [0.717, 1.165) is 0 Å². The molecular formula is C13H9BrFNO2. The Hall–Kier alpha value is -1.75. The standard InChI is InChI=1S/C13H9BrFNO2/c14-12-6-5-9(7-16-12)13(17)18-8-10-3-1-2-4-11(10)15/h1-7H,8H2. The molecule has 0 bridgehead atoms. The van der Waals surface area contributed by atoms with Crippen LogP contribution in [0.4, 0.5) is 4.39 Å². The fourth-order valence-corrected chi connectivity index (χ4v) is 1.57. The van der Waals surface area contributed by atoms with Gasteiger partial charge in [0.2, 0.25) is 0 Å². The average molecular weight is 310 g/mol. The summed E-state index contributed by atoms with van der Waals surface area (Å²) in [6.07, 6.45) is 1.40. The number of halogens is 2. The van der Waals surface area contributed by atoms with Crippen molar-refractivity contribution in [2.75, 3.05) is 0 Å². The lowest BCUT2D eigenvalue weighted by molar-refractivity contribution is 0.0468. The summed E-state index contributed by atoms with van der Waals surface area (Å²) in [5, 5.41) is 0. The van der Waals surface area contributed by atoms with Gasteiger partial charge in [0.05, 0.1) is 5.56 Å². The van der Waals surface area contributed by atoms with Gasteiger partial charge in [0.1, 0.15) is 17.0 Å². The summed E-state index contributed by atoms with van der Waals surface area (Å²) in [6.45, 7) is -0.0957. The zero-order valence-corrected chi connectivity index (χ0v) is 10.9. The first-order chi connectivity index (χ1) is 8.66. The molecule has 5 heteroatoms. The molecule has 0 spiro atoms. The van der Waals surface area contributed by atoms with Gasteiger partial charge in [-0.2, -0.15) is 0 Å². The Balaban J connectivity index is 2.01. The van der Waals surface area contributed by atoms with Crippen LogP contribution in [0.5, 0.6) is 0 Å². The second kappa shape index (κ2) is 5.73. The number of ether oxygens (including phenoxy) is 1. The average Bonchev–Trinajstić information content (AvgIpc) is 2.38. The highest BCUT2D eigenvalue weighted by atomic mass is 79.9. The van der Waals surface area contributed by atoms with E-state index in [1.807, 2.05) is 0 Å². The van der Waals surface area contributed by atoms with Crippen molar-refractivity contribution >= 4 is 21.9 Å². The number of pyridine rings is 1. The van der Waals surface area contributed by atoms with Gasteiger partial charge in [-0.3, -0.25) is 0 Å². The normalized spacial score (nSPS) is 10.1. The Morgan fingerprint density at radius 1 is 1.28 bits per heavy atom. The van der Waals surface area contributed by atoms with Crippen LogP contribution in [0, 0.1) is 5.82 Å². The predicted octanol–water partition coefficient (Wildman–Crippen LogP) is 3.34. The van der Waals surface area contributed by atoms with Crippen LogP contribution in [0.2, 0.25) is 0 Å². The highest BCUT2D eigenvalue weighted by Gasteiger charge is 2.09. The zero-order valence-electron chi connectivity index (χ0n) is 9.27. The molecule has 0 fully saturated rings. The monoisotopic (exact) mass is 309 g/mol. The third-order valence-electron chi connectivity index (χ3n) is 2.28. The molecule has 2 aromatic rings. The van der Waals surface area contributed by atoms with Crippen LogP contribution in [-0.4, -0.2) is 11.0 Å². The first-order valence-electron chi connectivity index (χ1n) is 5.19. The van der Waals surface area contributed by atoms with Crippen molar-refractivity contribution in [1.29, 1.82) is 0 Å². The van der Waals surface area contributed by atoms with Gasteiger partial charge >= 0.3 is 5.97 Å². The molecule has 0 unspecified atom stereocenters. The van der Waals surface area contributed by atoms with E-state index in [2.05, 4.69) is 20.9 Å². The molecule has 92 valence electrons. The minimum atomic E-state index is -0.529. The number of aromatic nitrogens is 1. The fourth-order valence-electron chi connectivity index (χ4n) is 1.34. The number of carbonyl (C=O) groups excluding carboxylic acids is 1. The maximum atomic E-state index is 13.3. The third kappa shape index (κ3) is 3.13. The second-order valence-electron chi connectivity index (χ2n) is 3.54. The molecule has 0 N–H and O–H groups in total. The summed E-state index contributed by atoms with van der Waals surface area (Å²) < 4.78 is 18.9. The molecule has 0 aliphatic rings. The van der Waals surface area contributed by atoms with E-state index in [1.165, 1.54) is 12.3 Å². The fraction of sp³-hybridized carbons (Fsp3) is 0.0769. The Kier molecular flexibility index (Phi) is 4.04. The van der Waals surface area contributed by atoms with Gasteiger partial charge in [-0.1, -0.05) is 18.2 Å². The summed E-state index contributed by atoms with van der Waals surface area (Å²) in [7, 11) is 0. The minimum Gasteiger partial charge on any atom is -0.457 e.